The van der Waals surface area contributed by atoms with Crippen LogP contribution in [0.3, 0.4) is 0 Å². The predicted octanol–water partition coefficient (Wildman–Crippen LogP) is -2.10. The van der Waals surface area contributed by atoms with Crippen molar-refractivity contribution >= 4 is 17.7 Å². The maximum absolute atomic E-state index is 12.0. The highest BCUT2D eigenvalue weighted by Crippen LogP contribution is 2.12. The molecule has 8 heteroatoms. The van der Waals surface area contributed by atoms with Gasteiger partial charge in [0, 0.05) is 18.8 Å². The van der Waals surface area contributed by atoms with Gasteiger partial charge in [-0.05, 0) is 0 Å². The van der Waals surface area contributed by atoms with E-state index in [2.05, 4.69) is 10.4 Å². The van der Waals surface area contributed by atoms with Crippen molar-refractivity contribution in [1.82, 2.24) is 20.0 Å². The maximum atomic E-state index is 12.0. The van der Waals surface area contributed by atoms with Gasteiger partial charge in [0.2, 0.25) is 17.7 Å². The Bertz CT molecular complexity index is 493. The molecule has 0 radical (unpaired) electrons. The summed E-state index contributed by atoms with van der Waals surface area (Å²) in [5, 5.41) is 6.03. The number of amides is 3. The molecule has 1 atom stereocenters. The molecule has 18 heavy (non-hydrogen) atoms. The summed E-state index contributed by atoms with van der Waals surface area (Å²) in [6.45, 7) is -0.308. The summed E-state index contributed by atoms with van der Waals surface area (Å²) in [5.41, 5.74) is 6.33. The second-order valence-corrected chi connectivity index (χ2v) is 4.09. The average molecular weight is 251 g/mol. The number of nitrogens with zero attached hydrogens (tertiary/aromatic N) is 3. The van der Waals surface area contributed by atoms with Crippen molar-refractivity contribution < 1.29 is 14.4 Å². The Labute approximate surface area is 103 Å². The van der Waals surface area contributed by atoms with Gasteiger partial charge in [-0.2, -0.15) is 5.10 Å². The Hall–Kier alpha value is -2.22. The summed E-state index contributed by atoms with van der Waals surface area (Å²) in [6, 6.07) is -0.919. The van der Waals surface area contributed by atoms with Crippen molar-refractivity contribution in [3.63, 3.8) is 0 Å². The van der Waals surface area contributed by atoms with Crippen molar-refractivity contribution in [3.8, 4) is 0 Å². The summed E-state index contributed by atoms with van der Waals surface area (Å²) in [4.78, 5) is 35.5. The Kier molecular flexibility index (Phi) is 3.11. The minimum Gasteiger partial charge on any atom is -0.322 e. The number of piperazine rings is 1. The lowest BCUT2D eigenvalue weighted by Gasteiger charge is -2.27. The first-order valence-electron chi connectivity index (χ1n) is 5.33. The fraction of sp³-hybridized carbons (Fsp3) is 0.400. The first kappa shape index (κ1) is 12.2. The van der Waals surface area contributed by atoms with E-state index in [9.17, 15) is 14.4 Å². The number of nitrogens with one attached hydrogen (secondary N) is 1. The van der Waals surface area contributed by atoms with Crippen molar-refractivity contribution in [2.24, 2.45) is 12.8 Å². The molecule has 3 N–H and O–H groups in total. The number of nitrogens with two attached hydrogens (primary N) is 1. The Morgan fingerprint density at radius 3 is 2.56 bits per heavy atom. The molecule has 0 saturated carbocycles. The van der Waals surface area contributed by atoms with Crippen LogP contribution in [0.25, 0.3) is 0 Å². The van der Waals surface area contributed by atoms with Gasteiger partial charge < -0.3 is 10.6 Å². The molecule has 8 nitrogen and oxygen atoms in total. The van der Waals surface area contributed by atoms with E-state index in [-0.39, 0.29) is 13.1 Å². The van der Waals surface area contributed by atoms with Crippen LogP contribution in [-0.4, -0.2) is 45.5 Å². The van der Waals surface area contributed by atoms with E-state index in [4.69, 9.17) is 5.73 Å². The molecule has 3 amide bonds. The first-order chi connectivity index (χ1) is 8.47. The molecule has 2 rings (SSSR count). The highest BCUT2D eigenvalue weighted by molar-refractivity contribution is 6.03. The molecule has 1 unspecified atom stereocenters. The van der Waals surface area contributed by atoms with E-state index >= 15 is 0 Å². The average Bonchev–Trinajstić information content (AvgIpc) is 2.72. The molecule has 0 aromatic carbocycles. The summed E-state index contributed by atoms with van der Waals surface area (Å²) < 4.78 is 1.52. The maximum Gasteiger partial charge on any atom is 0.246 e. The molecular weight excluding hydrogens is 238 g/mol. The number of aromatic nitrogens is 2. The topological polar surface area (TPSA) is 110 Å². The highest BCUT2D eigenvalue weighted by Gasteiger charge is 2.30. The largest absolute Gasteiger partial charge is 0.322 e. The van der Waals surface area contributed by atoms with Crippen LogP contribution in [-0.2, 0) is 21.4 Å². The predicted molar refractivity (Wildman–Crippen MR) is 59.9 cm³/mol. The molecule has 0 bridgehead atoms. The van der Waals surface area contributed by atoms with E-state index < -0.39 is 23.8 Å². The Morgan fingerprint density at radius 1 is 1.44 bits per heavy atom. The van der Waals surface area contributed by atoms with Gasteiger partial charge in [0.05, 0.1) is 6.20 Å². The van der Waals surface area contributed by atoms with E-state index in [0.29, 0.717) is 5.56 Å². The fourth-order valence-corrected chi connectivity index (χ4v) is 1.73. The molecule has 1 aliphatic heterocycles. The molecular formula is C10H13N5O3. The van der Waals surface area contributed by atoms with Gasteiger partial charge in [-0.3, -0.25) is 24.4 Å². The third-order valence-corrected chi connectivity index (χ3v) is 2.61. The zero-order valence-corrected chi connectivity index (χ0v) is 9.79. The molecule has 1 saturated heterocycles. The number of rotatable bonds is 2. The van der Waals surface area contributed by atoms with Crippen LogP contribution >= 0.6 is 0 Å². The quantitative estimate of drug-likeness (QED) is 0.585. The van der Waals surface area contributed by atoms with Crippen molar-refractivity contribution in [2.45, 2.75) is 6.04 Å². The normalized spacial score (nSPS) is 17.6. The summed E-state index contributed by atoms with van der Waals surface area (Å²) in [6.07, 6.45) is 3.10. The molecule has 96 valence electrons. The van der Waals surface area contributed by atoms with Gasteiger partial charge >= 0.3 is 0 Å². The zero-order chi connectivity index (χ0) is 13.3. The monoisotopic (exact) mass is 251 g/mol. The van der Waals surface area contributed by atoms with Gasteiger partial charge in [-0.25, -0.2) is 0 Å². The summed E-state index contributed by atoms with van der Waals surface area (Å²) in [7, 11) is 1.71. The third-order valence-electron chi connectivity index (χ3n) is 2.61. The second kappa shape index (κ2) is 4.57. The minimum absolute atomic E-state index is 0.154. The highest BCUT2D eigenvalue weighted by atomic mass is 16.2. The van der Waals surface area contributed by atoms with E-state index in [1.54, 1.807) is 13.2 Å². The third kappa shape index (κ3) is 2.38. The Balaban J connectivity index is 2.11. The lowest BCUT2D eigenvalue weighted by Crippen LogP contribution is -2.55. The number of aryl methyl sites for hydroxylation is 1. The lowest BCUT2D eigenvalue weighted by molar-refractivity contribution is -0.146. The second-order valence-electron chi connectivity index (χ2n) is 4.09. The van der Waals surface area contributed by atoms with E-state index in [0.717, 1.165) is 4.90 Å². The number of carbonyl (C=O) groups excluding carboxylic acids is 3. The lowest BCUT2D eigenvalue weighted by atomic mass is 10.1. The molecule has 2 heterocycles. The molecule has 1 fully saturated rings. The number of carbonyl (C=O) groups is 3. The number of hydrogen-bond donors (Lipinski definition) is 2. The molecule has 0 spiro atoms. The van der Waals surface area contributed by atoms with Crippen LogP contribution in [0, 0.1) is 0 Å². The van der Waals surface area contributed by atoms with E-state index in [1.165, 1.54) is 10.9 Å². The van der Waals surface area contributed by atoms with Crippen LogP contribution in [0.1, 0.15) is 11.6 Å². The number of imide groups is 1. The van der Waals surface area contributed by atoms with Gasteiger partial charge in [0.1, 0.15) is 19.1 Å². The van der Waals surface area contributed by atoms with Crippen LogP contribution in [0.15, 0.2) is 12.4 Å². The minimum atomic E-state index is -0.919. The number of hydrogen-bond acceptors (Lipinski definition) is 5. The van der Waals surface area contributed by atoms with Crippen molar-refractivity contribution in [1.29, 1.82) is 0 Å². The molecule has 1 aromatic heterocycles. The zero-order valence-electron chi connectivity index (χ0n) is 9.79. The first-order valence-corrected chi connectivity index (χ1v) is 5.33. The molecule has 0 aliphatic carbocycles. The summed E-state index contributed by atoms with van der Waals surface area (Å²) >= 11 is 0. The van der Waals surface area contributed by atoms with Crippen LogP contribution in [0.2, 0.25) is 0 Å². The smallest absolute Gasteiger partial charge is 0.246 e. The Morgan fingerprint density at radius 2 is 2.06 bits per heavy atom. The standard InChI is InChI=1S/C10H13N5O3/c1-14-3-6(2-12-14)9(11)10(18)15-4-7(16)13-8(17)5-15/h2-3,9H,4-5,11H2,1H3,(H,13,16,17). The van der Waals surface area contributed by atoms with Gasteiger partial charge in [0.25, 0.3) is 0 Å². The van der Waals surface area contributed by atoms with Gasteiger partial charge in [0.15, 0.2) is 0 Å². The summed E-state index contributed by atoms with van der Waals surface area (Å²) in [5.74, 6) is -1.47. The molecule has 1 aromatic rings. The van der Waals surface area contributed by atoms with Gasteiger partial charge in [-0.15, -0.1) is 0 Å². The molecule has 1 aliphatic rings. The fourth-order valence-electron chi connectivity index (χ4n) is 1.73. The van der Waals surface area contributed by atoms with Crippen molar-refractivity contribution in [3.05, 3.63) is 18.0 Å². The SMILES string of the molecule is Cn1cc(C(N)C(=O)N2CC(=O)NC(=O)C2)cn1. The van der Waals surface area contributed by atoms with Crippen molar-refractivity contribution in [2.75, 3.05) is 13.1 Å². The van der Waals surface area contributed by atoms with E-state index in [1.807, 2.05) is 0 Å². The van der Waals surface area contributed by atoms with Crippen LogP contribution in [0.5, 0.6) is 0 Å². The van der Waals surface area contributed by atoms with Crippen LogP contribution < -0.4 is 11.1 Å². The van der Waals surface area contributed by atoms with Crippen LogP contribution in [0.4, 0.5) is 0 Å². The van der Waals surface area contributed by atoms with Gasteiger partial charge in [-0.1, -0.05) is 0 Å².